The Kier molecular flexibility index (Phi) is 3.01. The second-order valence-electron chi connectivity index (χ2n) is 6.21. The van der Waals surface area contributed by atoms with Gasteiger partial charge in [0, 0.05) is 16.9 Å². The van der Waals surface area contributed by atoms with Crippen molar-refractivity contribution in [3.8, 4) is 0 Å². The van der Waals surface area contributed by atoms with Crippen molar-refractivity contribution < 1.29 is 24.5 Å². The molecule has 1 saturated heterocycles. The highest BCUT2D eigenvalue weighted by Gasteiger charge is 2.70. The summed E-state index contributed by atoms with van der Waals surface area (Å²) in [6.07, 6.45) is 3.52. The third kappa shape index (κ3) is 1.51. The van der Waals surface area contributed by atoms with E-state index in [1.807, 2.05) is 19.9 Å². The van der Waals surface area contributed by atoms with E-state index < -0.39 is 28.9 Å². The third-order valence-corrected chi connectivity index (χ3v) is 5.85. The Balaban J connectivity index is 2.23. The van der Waals surface area contributed by atoms with Crippen molar-refractivity contribution >= 4 is 23.5 Å². The fourth-order valence-electron chi connectivity index (χ4n) is 4.24. The molecule has 0 saturated carbocycles. The van der Waals surface area contributed by atoms with Gasteiger partial charge in [0.1, 0.15) is 0 Å². The van der Waals surface area contributed by atoms with Gasteiger partial charge in [-0.2, -0.15) is 0 Å². The standard InChI is InChI=1S/C15H17ClO5/c1-7-4-14-10(8(7)2)3-9(12(17)18)11(14)5-21-13(19)15(14,20)6-16/h3-4,8,10-11,20H,5-6H2,1-2H3,(H,17,18)/t8-,10?,11?,14?,15+/m0/s1. The first-order valence-electron chi connectivity index (χ1n) is 6.89. The monoisotopic (exact) mass is 312 g/mol. The van der Waals surface area contributed by atoms with Crippen molar-refractivity contribution in [1.82, 2.24) is 0 Å². The number of esters is 1. The van der Waals surface area contributed by atoms with Crippen LogP contribution in [0.4, 0.5) is 0 Å². The highest BCUT2D eigenvalue weighted by molar-refractivity contribution is 6.20. The molecule has 6 heteroatoms. The maximum Gasteiger partial charge on any atom is 0.340 e. The molecule has 5 atom stereocenters. The molecule has 3 aliphatic rings. The number of carbonyl (C=O) groups is 2. The summed E-state index contributed by atoms with van der Waals surface area (Å²) in [5, 5.41) is 20.4. The summed E-state index contributed by atoms with van der Waals surface area (Å²) in [5.74, 6) is -2.91. The fourth-order valence-corrected chi connectivity index (χ4v) is 4.58. The van der Waals surface area contributed by atoms with E-state index in [1.54, 1.807) is 6.08 Å². The maximum atomic E-state index is 12.2. The summed E-state index contributed by atoms with van der Waals surface area (Å²) < 4.78 is 5.05. The number of carboxylic acids is 1. The van der Waals surface area contributed by atoms with Gasteiger partial charge in [0.25, 0.3) is 0 Å². The van der Waals surface area contributed by atoms with E-state index in [9.17, 15) is 19.8 Å². The van der Waals surface area contributed by atoms with Gasteiger partial charge in [0.15, 0.2) is 5.60 Å². The molecule has 2 aliphatic carbocycles. The Morgan fingerprint density at radius 1 is 1.57 bits per heavy atom. The van der Waals surface area contributed by atoms with Crippen LogP contribution in [0, 0.1) is 23.2 Å². The summed E-state index contributed by atoms with van der Waals surface area (Å²) in [7, 11) is 0. The van der Waals surface area contributed by atoms with E-state index in [4.69, 9.17) is 16.3 Å². The van der Waals surface area contributed by atoms with Crippen LogP contribution in [0.25, 0.3) is 0 Å². The number of alkyl halides is 1. The molecule has 0 amide bonds. The van der Waals surface area contributed by atoms with Gasteiger partial charge in [0.2, 0.25) is 0 Å². The van der Waals surface area contributed by atoms with Crippen molar-refractivity contribution in [2.45, 2.75) is 19.4 Å². The first-order chi connectivity index (χ1) is 9.79. The number of carboxylic acid groups (broad SMARTS) is 1. The molecule has 1 heterocycles. The topological polar surface area (TPSA) is 83.8 Å². The Labute approximate surface area is 127 Å². The van der Waals surface area contributed by atoms with Crippen LogP contribution in [-0.4, -0.2) is 40.2 Å². The average Bonchev–Trinajstić information content (AvgIpc) is 2.89. The quantitative estimate of drug-likeness (QED) is 0.457. The molecular formula is C15H17ClO5. The molecule has 114 valence electrons. The Morgan fingerprint density at radius 3 is 2.81 bits per heavy atom. The fraction of sp³-hybridized carbons (Fsp3) is 0.600. The number of halogens is 1. The lowest BCUT2D eigenvalue weighted by atomic mass is 9.59. The van der Waals surface area contributed by atoms with Gasteiger partial charge in [-0.15, -0.1) is 11.6 Å². The van der Waals surface area contributed by atoms with Crippen molar-refractivity contribution in [2.24, 2.45) is 23.2 Å². The van der Waals surface area contributed by atoms with Crippen LogP contribution in [-0.2, 0) is 14.3 Å². The molecule has 3 unspecified atom stereocenters. The lowest BCUT2D eigenvalue weighted by Crippen LogP contribution is -2.64. The number of rotatable bonds is 2. The predicted molar refractivity (Wildman–Crippen MR) is 74.7 cm³/mol. The molecule has 0 bridgehead atoms. The number of ether oxygens (including phenoxy) is 1. The van der Waals surface area contributed by atoms with Gasteiger partial charge in [-0.3, -0.25) is 0 Å². The SMILES string of the molecule is CC1=CC23C(COC(=O)[C@]2(O)CCl)C(C(=O)O)=CC3[C@H]1C. The summed E-state index contributed by atoms with van der Waals surface area (Å²) >= 11 is 5.92. The van der Waals surface area contributed by atoms with Gasteiger partial charge >= 0.3 is 11.9 Å². The molecule has 0 aromatic rings. The molecule has 3 rings (SSSR count). The number of hydrogen-bond donors (Lipinski definition) is 2. The number of aliphatic hydroxyl groups is 1. The number of hydrogen-bond acceptors (Lipinski definition) is 4. The largest absolute Gasteiger partial charge is 0.478 e. The normalized spacial score (nSPS) is 44.6. The van der Waals surface area contributed by atoms with Gasteiger partial charge in [-0.25, -0.2) is 9.59 Å². The molecule has 0 aromatic heterocycles. The number of allylic oxidation sites excluding steroid dienone is 2. The van der Waals surface area contributed by atoms with Crippen molar-refractivity contribution in [3.05, 3.63) is 23.3 Å². The number of aliphatic carboxylic acids is 1. The van der Waals surface area contributed by atoms with E-state index in [2.05, 4.69) is 0 Å². The molecule has 2 N–H and O–H groups in total. The zero-order valence-electron chi connectivity index (χ0n) is 11.8. The molecule has 0 radical (unpaired) electrons. The van der Waals surface area contributed by atoms with Gasteiger partial charge in [0.05, 0.1) is 12.5 Å². The maximum absolute atomic E-state index is 12.2. The Bertz CT molecular complexity index is 595. The van der Waals surface area contributed by atoms with Gasteiger partial charge in [-0.1, -0.05) is 24.6 Å². The second-order valence-corrected chi connectivity index (χ2v) is 6.48. The molecule has 5 nitrogen and oxygen atoms in total. The van der Waals surface area contributed by atoms with Crippen molar-refractivity contribution in [1.29, 1.82) is 0 Å². The van der Waals surface area contributed by atoms with Crippen LogP contribution >= 0.6 is 11.6 Å². The smallest absolute Gasteiger partial charge is 0.340 e. The van der Waals surface area contributed by atoms with E-state index in [0.717, 1.165) is 5.57 Å². The Hall–Kier alpha value is -1.33. The van der Waals surface area contributed by atoms with E-state index in [0.29, 0.717) is 0 Å². The minimum atomic E-state index is -1.90. The zero-order valence-corrected chi connectivity index (χ0v) is 12.6. The first kappa shape index (κ1) is 14.6. The summed E-state index contributed by atoms with van der Waals surface area (Å²) in [5.41, 5.74) is -1.68. The lowest BCUT2D eigenvalue weighted by Gasteiger charge is -2.49. The minimum Gasteiger partial charge on any atom is -0.478 e. The van der Waals surface area contributed by atoms with Crippen LogP contribution in [0.5, 0.6) is 0 Å². The van der Waals surface area contributed by atoms with Crippen LogP contribution in [0.3, 0.4) is 0 Å². The molecule has 1 aliphatic heterocycles. The highest BCUT2D eigenvalue weighted by Crippen LogP contribution is 2.64. The molecule has 21 heavy (non-hydrogen) atoms. The highest BCUT2D eigenvalue weighted by atomic mass is 35.5. The third-order valence-electron chi connectivity index (χ3n) is 5.46. The van der Waals surface area contributed by atoms with Crippen molar-refractivity contribution in [2.75, 3.05) is 12.5 Å². The lowest BCUT2D eigenvalue weighted by molar-refractivity contribution is -0.199. The van der Waals surface area contributed by atoms with Crippen LogP contribution in [0.2, 0.25) is 0 Å². The Morgan fingerprint density at radius 2 is 2.24 bits per heavy atom. The number of carbonyl (C=O) groups excluding carboxylic acids is 1. The van der Waals surface area contributed by atoms with Gasteiger partial charge < -0.3 is 14.9 Å². The predicted octanol–water partition coefficient (Wildman–Crippen LogP) is 1.35. The van der Waals surface area contributed by atoms with Crippen LogP contribution in [0.15, 0.2) is 23.3 Å². The van der Waals surface area contributed by atoms with E-state index >= 15 is 0 Å². The van der Waals surface area contributed by atoms with Crippen LogP contribution in [0.1, 0.15) is 13.8 Å². The first-order valence-corrected chi connectivity index (χ1v) is 7.43. The summed E-state index contributed by atoms with van der Waals surface area (Å²) in [6.45, 7) is 3.86. The second kappa shape index (κ2) is 4.34. The molecule has 0 aromatic carbocycles. The van der Waals surface area contributed by atoms with Crippen LogP contribution < -0.4 is 0 Å². The summed E-state index contributed by atoms with van der Waals surface area (Å²) in [6, 6.07) is 0. The summed E-state index contributed by atoms with van der Waals surface area (Å²) in [4.78, 5) is 23.7. The van der Waals surface area contributed by atoms with Gasteiger partial charge in [-0.05, 0) is 18.8 Å². The molecule has 1 fully saturated rings. The zero-order chi connectivity index (χ0) is 15.6. The average molecular weight is 313 g/mol. The van der Waals surface area contributed by atoms with E-state index in [1.165, 1.54) is 0 Å². The minimum absolute atomic E-state index is 0.0385. The van der Waals surface area contributed by atoms with Crippen molar-refractivity contribution in [3.63, 3.8) is 0 Å². The molecule has 1 spiro atoms. The molecular weight excluding hydrogens is 296 g/mol. The number of cyclic esters (lactones) is 1. The van der Waals surface area contributed by atoms with E-state index in [-0.39, 0.29) is 29.9 Å².